The predicted molar refractivity (Wildman–Crippen MR) is 107 cm³/mol. The molecular formula is C20H18Cl2N2O5. The van der Waals surface area contributed by atoms with Gasteiger partial charge in [0.05, 0.1) is 11.5 Å². The maximum absolute atomic E-state index is 12.8. The van der Waals surface area contributed by atoms with E-state index < -0.39 is 17.9 Å². The summed E-state index contributed by atoms with van der Waals surface area (Å²) in [6.45, 7) is 6.13. The van der Waals surface area contributed by atoms with Crippen LogP contribution in [0.1, 0.15) is 25.3 Å². The second-order valence-electron chi connectivity index (χ2n) is 6.11. The van der Waals surface area contributed by atoms with Gasteiger partial charge in [0.15, 0.2) is 0 Å². The summed E-state index contributed by atoms with van der Waals surface area (Å²) in [6, 6.07) is 6.64. The number of esters is 2. The Kier molecular flexibility index (Phi) is 7.32. The van der Waals surface area contributed by atoms with Gasteiger partial charge in [0, 0.05) is 15.6 Å². The second kappa shape index (κ2) is 9.50. The standard InChI is InChI=1S/C20H18Cl2N2O5/c1-10(2)19(25)27-6-7-28-20(26)16-11(3)29-18(24)14(9-23)17(16)13-5-4-12(21)8-15(13)22/h4-5,8,17H,1,6-7,24H2,2-3H3/t17-/m0/s1. The minimum atomic E-state index is -0.899. The fourth-order valence-electron chi connectivity index (χ4n) is 2.66. The number of halogens is 2. The minimum absolute atomic E-state index is 0.0143. The number of benzene rings is 1. The van der Waals surface area contributed by atoms with Crippen LogP contribution in [0.4, 0.5) is 0 Å². The minimum Gasteiger partial charge on any atom is -0.459 e. The van der Waals surface area contributed by atoms with Gasteiger partial charge in [0.1, 0.15) is 30.6 Å². The van der Waals surface area contributed by atoms with Crippen molar-refractivity contribution in [1.29, 1.82) is 5.26 Å². The van der Waals surface area contributed by atoms with Crippen LogP contribution in [0.15, 0.2) is 53.1 Å². The van der Waals surface area contributed by atoms with Crippen molar-refractivity contribution < 1.29 is 23.8 Å². The number of carbonyl (C=O) groups is 2. The molecule has 7 nitrogen and oxygen atoms in total. The van der Waals surface area contributed by atoms with Gasteiger partial charge in [-0.15, -0.1) is 0 Å². The highest BCUT2D eigenvalue weighted by Crippen LogP contribution is 2.42. The van der Waals surface area contributed by atoms with Crippen LogP contribution in [0.3, 0.4) is 0 Å². The van der Waals surface area contributed by atoms with Gasteiger partial charge in [-0.2, -0.15) is 5.26 Å². The summed E-state index contributed by atoms with van der Waals surface area (Å²) in [5.74, 6) is -2.21. The van der Waals surface area contributed by atoms with Crippen molar-refractivity contribution in [3.8, 4) is 6.07 Å². The van der Waals surface area contributed by atoms with Gasteiger partial charge in [0.25, 0.3) is 0 Å². The zero-order valence-electron chi connectivity index (χ0n) is 15.8. The van der Waals surface area contributed by atoms with Gasteiger partial charge in [-0.05, 0) is 31.5 Å². The summed E-state index contributed by atoms with van der Waals surface area (Å²) in [7, 11) is 0. The van der Waals surface area contributed by atoms with Crippen LogP contribution in [-0.4, -0.2) is 25.2 Å². The molecule has 1 aromatic rings. The number of nitrogens with zero attached hydrogens (tertiary/aromatic N) is 1. The van der Waals surface area contributed by atoms with Crippen molar-refractivity contribution >= 4 is 35.1 Å². The monoisotopic (exact) mass is 436 g/mol. The van der Waals surface area contributed by atoms with Crippen LogP contribution in [0, 0.1) is 11.3 Å². The Hall–Kier alpha value is -2.95. The summed E-state index contributed by atoms with van der Waals surface area (Å²) in [4.78, 5) is 24.1. The topological polar surface area (TPSA) is 112 Å². The lowest BCUT2D eigenvalue weighted by Gasteiger charge is -2.27. The van der Waals surface area contributed by atoms with Gasteiger partial charge >= 0.3 is 11.9 Å². The molecule has 0 aromatic heterocycles. The van der Waals surface area contributed by atoms with Crippen LogP contribution in [-0.2, 0) is 23.8 Å². The van der Waals surface area contributed by atoms with Crippen molar-refractivity contribution in [3.63, 3.8) is 0 Å². The van der Waals surface area contributed by atoms with Crippen LogP contribution < -0.4 is 5.73 Å². The Morgan fingerprint density at radius 3 is 2.55 bits per heavy atom. The molecule has 0 unspecified atom stereocenters. The molecule has 0 fully saturated rings. The Bertz CT molecular complexity index is 976. The van der Waals surface area contributed by atoms with Gasteiger partial charge in [-0.25, -0.2) is 9.59 Å². The first kappa shape index (κ1) is 22.3. The summed E-state index contributed by atoms with van der Waals surface area (Å²) >= 11 is 12.3. The van der Waals surface area contributed by atoms with E-state index in [2.05, 4.69) is 6.58 Å². The molecule has 1 atom stereocenters. The van der Waals surface area contributed by atoms with E-state index in [0.29, 0.717) is 10.6 Å². The molecule has 0 spiro atoms. The normalized spacial score (nSPS) is 16.0. The third-order valence-electron chi connectivity index (χ3n) is 4.00. The van der Waals surface area contributed by atoms with E-state index in [-0.39, 0.29) is 46.6 Å². The Morgan fingerprint density at radius 1 is 1.31 bits per heavy atom. The molecule has 152 valence electrons. The van der Waals surface area contributed by atoms with E-state index in [1.165, 1.54) is 19.9 Å². The van der Waals surface area contributed by atoms with Crippen LogP contribution in [0.5, 0.6) is 0 Å². The lowest BCUT2D eigenvalue weighted by atomic mass is 9.83. The molecular weight excluding hydrogens is 419 g/mol. The molecule has 0 radical (unpaired) electrons. The number of allylic oxidation sites excluding steroid dienone is 2. The summed E-state index contributed by atoms with van der Waals surface area (Å²) in [6.07, 6.45) is 0. The number of carbonyl (C=O) groups excluding carboxylic acids is 2. The molecule has 0 aliphatic carbocycles. The van der Waals surface area contributed by atoms with E-state index in [0.717, 1.165) is 0 Å². The third kappa shape index (κ3) is 5.11. The number of nitrogens with two attached hydrogens (primary N) is 1. The maximum atomic E-state index is 12.8. The smallest absolute Gasteiger partial charge is 0.338 e. The largest absolute Gasteiger partial charge is 0.459 e. The third-order valence-corrected chi connectivity index (χ3v) is 4.56. The summed E-state index contributed by atoms with van der Waals surface area (Å²) in [5.41, 5.74) is 6.60. The summed E-state index contributed by atoms with van der Waals surface area (Å²) < 4.78 is 15.5. The van der Waals surface area contributed by atoms with E-state index in [1.807, 2.05) is 6.07 Å². The van der Waals surface area contributed by atoms with Gasteiger partial charge < -0.3 is 19.9 Å². The van der Waals surface area contributed by atoms with Crippen molar-refractivity contribution in [3.05, 3.63) is 68.7 Å². The van der Waals surface area contributed by atoms with Crippen LogP contribution in [0.25, 0.3) is 0 Å². The number of ether oxygens (including phenoxy) is 3. The average Bonchev–Trinajstić information content (AvgIpc) is 2.64. The second-order valence-corrected chi connectivity index (χ2v) is 6.96. The van der Waals surface area contributed by atoms with Gasteiger partial charge in [-0.3, -0.25) is 0 Å². The number of hydrogen-bond donors (Lipinski definition) is 1. The molecule has 1 aliphatic heterocycles. The van der Waals surface area contributed by atoms with Crippen molar-refractivity contribution in [2.45, 2.75) is 19.8 Å². The zero-order valence-corrected chi connectivity index (χ0v) is 17.3. The quantitative estimate of drug-likeness (QED) is 0.410. The highest BCUT2D eigenvalue weighted by molar-refractivity contribution is 6.35. The first-order chi connectivity index (χ1) is 13.7. The average molecular weight is 437 g/mol. The molecule has 2 N–H and O–H groups in total. The Labute approximate surface area is 177 Å². The van der Waals surface area contributed by atoms with Gasteiger partial charge in [0.2, 0.25) is 5.88 Å². The number of rotatable bonds is 6. The van der Waals surface area contributed by atoms with E-state index in [1.54, 1.807) is 12.1 Å². The molecule has 0 saturated carbocycles. The Morgan fingerprint density at radius 2 is 1.97 bits per heavy atom. The van der Waals surface area contributed by atoms with E-state index in [9.17, 15) is 14.9 Å². The van der Waals surface area contributed by atoms with E-state index >= 15 is 0 Å². The zero-order chi connectivity index (χ0) is 21.7. The van der Waals surface area contributed by atoms with E-state index in [4.69, 9.17) is 43.1 Å². The Balaban J connectivity index is 2.31. The molecule has 0 saturated heterocycles. The molecule has 29 heavy (non-hydrogen) atoms. The van der Waals surface area contributed by atoms with Gasteiger partial charge in [-0.1, -0.05) is 35.8 Å². The van der Waals surface area contributed by atoms with Crippen LogP contribution >= 0.6 is 23.2 Å². The fourth-order valence-corrected chi connectivity index (χ4v) is 3.18. The molecule has 9 heteroatoms. The van der Waals surface area contributed by atoms with Crippen molar-refractivity contribution in [1.82, 2.24) is 0 Å². The number of hydrogen-bond acceptors (Lipinski definition) is 7. The predicted octanol–water partition coefficient (Wildman–Crippen LogP) is 3.74. The fraction of sp³-hybridized carbons (Fsp3) is 0.250. The highest BCUT2D eigenvalue weighted by atomic mass is 35.5. The SMILES string of the molecule is C=C(C)C(=O)OCCOC(=O)C1=C(C)OC(N)=C(C#N)[C@@H]1c1ccc(Cl)cc1Cl. The molecule has 0 bridgehead atoms. The lowest BCUT2D eigenvalue weighted by molar-refractivity contribution is -0.147. The van der Waals surface area contributed by atoms with Crippen LogP contribution in [0.2, 0.25) is 10.0 Å². The first-order valence-corrected chi connectivity index (χ1v) is 9.16. The molecule has 0 amide bonds. The van der Waals surface area contributed by atoms with Crippen molar-refractivity contribution in [2.24, 2.45) is 5.73 Å². The maximum Gasteiger partial charge on any atom is 0.338 e. The molecule has 1 aromatic carbocycles. The molecule has 1 aliphatic rings. The highest BCUT2D eigenvalue weighted by Gasteiger charge is 2.37. The first-order valence-electron chi connectivity index (χ1n) is 8.40. The van der Waals surface area contributed by atoms with Crippen molar-refractivity contribution in [2.75, 3.05) is 13.2 Å². The molecule has 2 rings (SSSR count). The summed E-state index contributed by atoms with van der Waals surface area (Å²) in [5, 5.41) is 10.2. The lowest BCUT2D eigenvalue weighted by Crippen LogP contribution is -2.26. The molecule has 1 heterocycles. The number of nitriles is 1.